The molecule has 1 aliphatic rings. The quantitative estimate of drug-likeness (QED) is 0.854. The number of benzene rings is 1. The lowest BCUT2D eigenvalue weighted by molar-refractivity contribution is 0.174. The maximum Gasteiger partial charge on any atom is 0.0807 e. The lowest BCUT2D eigenvalue weighted by Crippen LogP contribution is -2.37. The van der Waals surface area contributed by atoms with Crippen molar-refractivity contribution < 1.29 is 5.11 Å². The van der Waals surface area contributed by atoms with Crippen LogP contribution in [0.25, 0.3) is 0 Å². The minimum absolute atomic E-state index is 0.339. The third-order valence-electron chi connectivity index (χ3n) is 4.35. The Balaban J connectivity index is 2.26. The van der Waals surface area contributed by atoms with Crippen LogP contribution in [-0.4, -0.2) is 17.7 Å². The van der Waals surface area contributed by atoms with Gasteiger partial charge in [-0.05, 0) is 32.3 Å². The average Bonchev–Trinajstić information content (AvgIpc) is 2.49. The normalized spacial score (nSPS) is 18.3. The Bertz CT molecular complexity index is 385. The van der Waals surface area contributed by atoms with E-state index in [1.54, 1.807) is 0 Å². The van der Waals surface area contributed by atoms with Crippen LogP contribution in [0.2, 0.25) is 0 Å². The predicted octanol–water partition coefficient (Wildman–Crippen LogP) is 4.29. The third kappa shape index (κ3) is 3.30. The van der Waals surface area contributed by atoms with Crippen LogP contribution in [0.5, 0.6) is 0 Å². The summed E-state index contributed by atoms with van der Waals surface area (Å²) in [6.45, 7) is 5.29. The molecule has 0 aliphatic heterocycles. The molecule has 0 aromatic heterocycles. The lowest BCUT2D eigenvalue weighted by Gasteiger charge is -2.37. The maximum atomic E-state index is 10.2. The van der Waals surface area contributed by atoms with E-state index >= 15 is 0 Å². The Morgan fingerprint density at radius 3 is 2.47 bits per heavy atom. The molecule has 1 aromatic carbocycles. The summed E-state index contributed by atoms with van der Waals surface area (Å²) in [5.74, 6) is 0. The Morgan fingerprint density at radius 2 is 1.84 bits per heavy atom. The number of hydrogen-bond acceptors (Lipinski definition) is 2. The fourth-order valence-corrected chi connectivity index (χ4v) is 3.27. The molecule has 1 aliphatic carbocycles. The number of anilines is 1. The number of hydrogen-bond donors (Lipinski definition) is 1. The highest BCUT2D eigenvalue weighted by atomic mass is 16.3. The van der Waals surface area contributed by atoms with Gasteiger partial charge in [0.25, 0.3) is 0 Å². The van der Waals surface area contributed by atoms with E-state index in [1.807, 2.05) is 13.0 Å². The molecular formula is C17H27NO. The van der Waals surface area contributed by atoms with E-state index in [4.69, 9.17) is 0 Å². The Labute approximate surface area is 117 Å². The van der Waals surface area contributed by atoms with Crippen LogP contribution < -0.4 is 4.90 Å². The van der Waals surface area contributed by atoms with E-state index in [-0.39, 0.29) is 6.10 Å². The predicted molar refractivity (Wildman–Crippen MR) is 81.6 cm³/mol. The highest BCUT2D eigenvalue weighted by molar-refractivity contribution is 5.55. The van der Waals surface area contributed by atoms with Gasteiger partial charge in [-0.2, -0.15) is 0 Å². The van der Waals surface area contributed by atoms with Crippen molar-refractivity contribution in [1.82, 2.24) is 0 Å². The molecule has 1 saturated carbocycles. The molecule has 2 rings (SSSR count). The second-order valence-electron chi connectivity index (χ2n) is 5.56. The Kier molecular flexibility index (Phi) is 5.26. The molecule has 2 heteroatoms. The zero-order valence-electron chi connectivity index (χ0n) is 12.3. The molecule has 0 bridgehead atoms. The second-order valence-corrected chi connectivity index (χ2v) is 5.56. The number of para-hydroxylation sites is 1. The van der Waals surface area contributed by atoms with Gasteiger partial charge in [0.05, 0.1) is 6.10 Å². The molecule has 1 aromatic rings. The number of aliphatic hydroxyl groups excluding tert-OH is 1. The van der Waals surface area contributed by atoms with Crippen LogP contribution in [0.15, 0.2) is 24.3 Å². The maximum absolute atomic E-state index is 10.2. The van der Waals surface area contributed by atoms with Crippen molar-refractivity contribution >= 4 is 5.69 Å². The first-order valence-electron chi connectivity index (χ1n) is 7.81. The molecular weight excluding hydrogens is 234 g/mol. The standard InChI is InChI=1S/C17H27NO/c1-3-17(19)15-12-8-9-13-16(15)18(4-2)14-10-6-5-7-11-14/h8-9,12-14,17,19H,3-7,10-11H2,1-2H3/t17-/m0/s1. The Morgan fingerprint density at radius 1 is 1.16 bits per heavy atom. The average molecular weight is 261 g/mol. The monoisotopic (exact) mass is 261 g/mol. The van der Waals surface area contributed by atoms with Crippen LogP contribution in [0, 0.1) is 0 Å². The van der Waals surface area contributed by atoms with Gasteiger partial charge in [-0.15, -0.1) is 0 Å². The lowest BCUT2D eigenvalue weighted by atomic mass is 9.92. The summed E-state index contributed by atoms with van der Waals surface area (Å²) in [5, 5.41) is 10.2. The summed E-state index contributed by atoms with van der Waals surface area (Å²) >= 11 is 0. The summed E-state index contributed by atoms with van der Waals surface area (Å²) in [7, 11) is 0. The molecule has 1 fully saturated rings. The van der Waals surface area contributed by atoms with E-state index in [9.17, 15) is 5.11 Å². The zero-order chi connectivity index (χ0) is 13.7. The van der Waals surface area contributed by atoms with Gasteiger partial charge in [-0.3, -0.25) is 0 Å². The van der Waals surface area contributed by atoms with Crippen LogP contribution in [0.1, 0.15) is 64.0 Å². The second kappa shape index (κ2) is 6.95. The first kappa shape index (κ1) is 14.4. The van der Waals surface area contributed by atoms with E-state index in [0.717, 1.165) is 18.5 Å². The highest BCUT2D eigenvalue weighted by Gasteiger charge is 2.23. The van der Waals surface area contributed by atoms with Crippen molar-refractivity contribution in [1.29, 1.82) is 0 Å². The topological polar surface area (TPSA) is 23.5 Å². The molecule has 0 heterocycles. The van der Waals surface area contributed by atoms with E-state index < -0.39 is 0 Å². The van der Waals surface area contributed by atoms with Gasteiger partial charge in [0.1, 0.15) is 0 Å². The van der Waals surface area contributed by atoms with Crippen molar-refractivity contribution in [2.75, 3.05) is 11.4 Å². The first-order valence-corrected chi connectivity index (χ1v) is 7.81. The van der Waals surface area contributed by atoms with Gasteiger partial charge < -0.3 is 10.0 Å². The molecule has 1 atom stereocenters. The first-order chi connectivity index (χ1) is 9.27. The fraction of sp³-hybridized carbons (Fsp3) is 0.647. The van der Waals surface area contributed by atoms with Crippen LogP contribution in [-0.2, 0) is 0 Å². The zero-order valence-corrected chi connectivity index (χ0v) is 12.3. The Hall–Kier alpha value is -1.02. The molecule has 2 nitrogen and oxygen atoms in total. The highest BCUT2D eigenvalue weighted by Crippen LogP contribution is 2.33. The van der Waals surface area contributed by atoms with Crippen molar-refractivity contribution in [3.63, 3.8) is 0 Å². The van der Waals surface area contributed by atoms with Gasteiger partial charge in [0, 0.05) is 23.8 Å². The van der Waals surface area contributed by atoms with Crippen molar-refractivity contribution in [3.8, 4) is 0 Å². The number of rotatable bonds is 5. The largest absolute Gasteiger partial charge is 0.388 e. The molecule has 19 heavy (non-hydrogen) atoms. The SMILES string of the molecule is CC[C@H](O)c1ccccc1N(CC)C1CCCCC1. The van der Waals surface area contributed by atoms with Crippen molar-refractivity contribution in [2.24, 2.45) is 0 Å². The molecule has 0 radical (unpaired) electrons. The molecule has 0 amide bonds. The minimum atomic E-state index is -0.339. The van der Waals surface area contributed by atoms with Crippen LogP contribution in [0.4, 0.5) is 5.69 Å². The number of nitrogens with zero attached hydrogens (tertiary/aromatic N) is 1. The van der Waals surface area contributed by atoms with Gasteiger partial charge in [0.15, 0.2) is 0 Å². The summed E-state index contributed by atoms with van der Waals surface area (Å²) in [4.78, 5) is 2.51. The number of aliphatic hydroxyl groups is 1. The third-order valence-corrected chi connectivity index (χ3v) is 4.35. The summed E-state index contributed by atoms with van der Waals surface area (Å²) in [6, 6.07) is 9.03. The van der Waals surface area contributed by atoms with Crippen LogP contribution >= 0.6 is 0 Å². The minimum Gasteiger partial charge on any atom is -0.388 e. The van der Waals surface area contributed by atoms with Gasteiger partial charge in [-0.1, -0.05) is 44.4 Å². The van der Waals surface area contributed by atoms with E-state index in [1.165, 1.54) is 37.8 Å². The van der Waals surface area contributed by atoms with Crippen molar-refractivity contribution in [3.05, 3.63) is 29.8 Å². The summed E-state index contributed by atoms with van der Waals surface area (Å²) in [6.07, 6.45) is 7.11. The molecule has 106 valence electrons. The van der Waals surface area contributed by atoms with Crippen LogP contribution in [0.3, 0.4) is 0 Å². The van der Waals surface area contributed by atoms with Crippen molar-refractivity contribution in [2.45, 2.75) is 64.5 Å². The molecule has 0 saturated heterocycles. The molecule has 0 unspecified atom stereocenters. The van der Waals surface area contributed by atoms with Gasteiger partial charge >= 0.3 is 0 Å². The van der Waals surface area contributed by atoms with E-state index in [0.29, 0.717) is 6.04 Å². The molecule has 1 N–H and O–H groups in total. The summed E-state index contributed by atoms with van der Waals surface area (Å²) in [5.41, 5.74) is 2.34. The smallest absolute Gasteiger partial charge is 0.0807 e. The van der Waals surface area contributed by atoms with Gasteiger partial charge in [0.2, 0.25) is 0 Å². The van der Waals surface area contributed by atoms with E-state index in [2.05, 4.69) is 30.0 Å². The fourth-order valence-electron chi connectivity index (χ4n) is 3.27. The molecule has 0 spiro atoms. The van der Waals surface area contributed by atoms with Gasteiger partial charge in [-0.25, -0.2) is 0 Å². The summed E-state index contributed by atoms with van der Waals surface area (Å²) < 4.78 is 0.